The van der Waals surface area contributed by atoms with Crippen LogP contribution in [0.15, 0.2) is 54.6 Å². The Kier molecular flexibility index (Phi) is 4.35. The summed E-state index contributed by atoms with van der Waals surface area (Å²) < 4.78 is 0. The van der Waals surface area contributed by atoms with Crippen LogP contribution in [0.3, 0.4) is 0 Å². The lowest BCUT2D eigenvalue weighted by Gasteiger charge is -2.14. The van der Waals surface area contributed by atoms with Gasteiger partial charge in [-0.15, -0.1) is 0 Å². The first-order valence-electron chi connectivity index (χ1n) is 8.97. The van der Waals surface area contributed by atoms with E-state index in [0.717, 1.165) is 17.2 Å². The van der Waals surface area contributed by atoms with Gasteiger partial charge in [-0.3, -0.25) is 9.69 Å². The Balaban J connectivity index is 1.33. The average Bonchev–Trinajstić information content (AvgIpc) is 3.25. The van der Waals surface area contributed by atoms with Crippen molar-refractivity contribution in [2.24, 2.45) is 0 Å². The summed E-state index contributed by atoms with van der Waals surface area (Å²) in [6.07, 6.45) is 3.98. The van der Waals surface area contributed by atoms with Crippen LogP contribution in [0.2, 0.25) is 0 Å². The number of carbonyl (C=O) groups excluding carboxylic acids is 1. The molecule has 1 N–H and O–H groups in total. The van der Waals surface area contributed by atoms with Crippen LogP contribution in [0.4, 0.5) is 0 Å². The molecule has 1 aliphatic carbocycles. The van der Waals surface area contributed by atoms with Crippen LogP contribution in [0.25, 0.3) is 0 Å². The number of hydrogen-bond acceptors (Lipinski definition) is 2. The first-order valence-corrected chi connectivity index (χ1v) is 8.97. The molecule has 0 spiro atoms. The molecule has 124 valence electrons. The number of nitrogens with zero attached hydrogens (tertiary/aromatic N) is 1. The van der Waals surface area contributed by atoms with Crippen molar-refractivity contribution in [2.45, 2.75) is 37.8 Å². The number of likely N-dealkylation sites (tertiary alicyclic amines) is 1. The standard InChI is InChI=1S/C21H24N2O/c24-21(22-15-16-6-2-1-3-7-16)18-10-8-17(9-11-18)19-14-20(19)23-12-4-5-13-23/h1-3,6-11,19-20H,4-5,12-15H2,(H,22,24)/t19-,20+/m0/s1. The Morgan fingerprint density at radius 3 is 2.42 bits per heavy atom. The molecule has 3 heteroatoms. The number of nitrogens with one attached hydrogen (secondary N) is 1. The highest BCUT2D eigenvalue weighted by Gasteiger charge is 2.43. The van der Waals surface area contributed by atoms with E-state index in [-0.39, 0.29) is 5.91 Å². The second kappa shape index (κ2) is 6.78. The van der Waals surface area contributed by atoms with Crippen LogP contribution in [0.5, 0.6) is 0 Å². The third kappa shape index (κ3) is 3.36. The maximum atomic E-state index is 12.3. The zero-order valence-corrected chi connectivity index (χ0v) is 13.9. The van der Waals surface area contributed by atoms with E-state index in [1.165, 1.54) is 37.9 Å². The van der Waals surface area contributed by atoms with E-state index in [9.17, 15) is 4.79 Å². The normalized spacial score (nSPS) is 23.2. The first kappa shape index (κ1) is 15.4. The fourth-order valence-corrected chi connectivity index (χ4v) is 3.78. The number of hydrogen-bond donors (Lipinski definition) is 1. The van der Waals surface area contributed by atoms with Crippen LogP contribution >= 0.6 is 0 Å². The molecule has 1 aliphatic heterocycles. The SMILES string of the molecule is O=C(NCc1ccccc1)c1ccc([C@@H]2C[C@H]2N2CCCC2)cc1. The van der Waals surface area contributed by atoms with Gasteiger partial charge in [0.25, 0.3) is 5.91 Å². The lowest BCUT2D eigenvalue weighted by Crippen LogP contribution is -2.23. The van der Waals surface area contributed by atoms with Crippen molar-refractivity contribution in [3.05, 3.63) is 71.3 Å². The van der Waals surface area contributed by atoms with E-state index in [4.69, 9.17) is 0 Å². The molecule has 3 nitrogen and oxygen atoms in total. The molecule has 2 aromatic carbocycles. The Morgan fingerprint density at radius 1 is 1.00 bits per heavy atom. The summed E-state index contributed by atoms with van der Waals surface area (Å²) in [5.74, 6) is 0.668. The van der Waals surface area contributed by atoms with Gasteiger partial charge < -0.3 is 5.32 Å². The molecule has 24 heavy (non-hydrogen) atoms. The maximum absolute atomic E-state index is 12.3. The van der Waals surface area contributed by atoms with Gasteiger partial charge in [-0.25, -0.2) is 0 Å². The quantitative estimate of drug-likeness (QED) is 0.913. The second-order valence-electron chi connectivity index (χ2n) is 6.94. The third-order valence-electron chi connectivity index (χ3n) is 5.26. The molecule has 1 heterocycles. The molecule has 0 unspecified atom stereocenters. The Morgan fingerprint density at radius 2 is 1.71 bits per heavy atom. The van der Waals surface area contributed by atoms with Crippen LogP contribution in [0.1, 0.15) is 46.7 Å². The van der Waals surface area contributed by atoms with E-state index in [2.05, 4.69) is 22.3 Å². The zero-order valence-electron chi connectivity index (χ0n) is 13.9. The van der Waals surface area contributed by atoms with Crippen LogP contribution in [0, 0.1) is 0 Å². The highest BCUT2D eigenvalue weighted by molar-refractivity contribution is 5.94. The van der Waals surface area contributed by atoms with Gasteiger partial charge in [-0.2, -0.15) is 0 Å². The van der Waals surface area contributed by atoms with Gasteiger partial charge >= 0.3 is 0 Å². The Bertz CT molecular complexity index is 690. The zero-order chi connectivity index (χ0) is 16.4. The predicted molar refractivity (Wildman–Crippen MR) is 96.0 cm³/mol. The summed E-state index contributed by atoms with van der Waals surface area (Å²) in [6, 6.07) is 19.0. The summed E-state index contributed by atoms with van der Waals surface area (Å²) >= 11 is 0. The fraction of sp³-hybridized carbons (Fsp3) is 0.381. The monoisotopic (exact) mass is 320 g/mol. The fourth-order valence-electron chi connectivity index (χ4n) is 3.78. The van der Waals surface area contributed by atoms with Crippen molar-refractivity contribution in [1.29, 1.82) is 0 Å². The van der Waals surface area contributed by atoms with Crippen molar-refractivity contribution in [3.63, 3.8) is 0 Å². The predicted octanol–water partition coefficient (Wildman–Crippen LogP) is 3.57. The lowest BCUT2D eigenvalue weighted by molar-refractivity contribution is 0.0951. The minimum absolute atomic E-state index is 0.00251. The highest BCUT2D eigenvalue weighted by atomic mass is 16.1. The second-order valence-corrected chi connectivity index (χ2v) is 6.94. The van der Waals surface area contributed by atoms with Gasteiger partial charge in [0.2, 0.25) is 0 Å². The Hall–Kier alpha value is -2.13. The van der Waals surface area contributed by atoms with Crippen LogP contribution < -0.4 is 5.32 Å². The number of rotatable bonds is 5. The van der Waals surface area contributed by atoms with E-state index in [1.807, 2.05) is 42.5 Å². The van der Waals surface area contributed by atoms with Gasteiger partial charge in [0.05, 0.1) is 0 Å². The van der Waals surface area contributed by atoms with Gasteiger partial charge in [0, 0.05) is 24.1 Å². The largest absolute Gasteiger partial charge is 0.348 e. The summed E-state index contributed by atoms with van der Waals surface area (Å²) in [5.41, 5.74) is 3.24. The molecule has 2 fully saturated rings. The average molecular weight is 320 g/mol. The minimum atomic E-state index is -0.00251. The Labute approximate surface area is 143 Å². The molecule has 1 saturated heterocycles. The van der Waals surface area contributed by atoms with Crippen molar-refractivity contribution >= 4 is 5.91 Å². The van der Waals surface area contributed by atoms with E-state index >= 15 is 0 Å². The van der Waals surface area contributed by atoms with Crippen LogP contribution in [-0.2, 0) is 6.54 Å². The molecule has 0 aromatic heterocycles. The summed E-state index contributed by atoms with van der Waals surface area (Å²) in [5, 5.41) is 2.99. The molecular formula is C21H24N2O. The van der Waals surface area contributed by atoms with Gasteiger partial charge in [-0.1, -0.05) is 42.5 Å². The molecule has 2 aromatic rings. The summed E-state index contributed by atoms with van der Waals surface area (Å²) in [4.78, 5) is 14.9. The molecule has 2 atom stereocenters. The van der Waals surface area contributed by atoms with Crippen LogP contribution in [-0.4, -0.2) is 29.9 Å². The molecule has 1 amide bonds. The third-order valence-corrected chi connectivity index (χ3v) is 5.26. The van der Waals surface area contributed by atoms with Gasteiger partial charge in [-0.05, 0) is 55.6 Å². The smallest absolute Gasteiger partial charge is 0.251 e. The van der Waals surface area contributed by atoms with Gasteiger partial charge in [0.1, 0.15) is 0 Å². The van der Waals surface area contributed by atoms with Crippen molar-refractivity contribution in [2.75, 3.05) is 13.1 Å². The summed E-state index contributed by atoms with van der Waals surface area (Å²) in [6.45, 7) is 3.10. The number of benzene rings is 2. The van der Waals surface area contributed by atoms with E-state index < -0.39 is 0 Å². The van der Waals surface area contributed by atoms with Crippen molar-refractivity contribution in [3.8, 4) is 0 Å². The van der Waals surface area contributed by atoms with E-state index in [0.29, 0.717) is 12.5 Å². The highest BCUT2D eigenvalue weighted by Crippen LogP contribution is 2.45. The molecule has 0 bridgehead atoms. The molecule has 1 saturated carbocycles. The van der Waals surface area contributed by atoms with Crippen molar-refractivity contribution < 1.29 is 4.79 Å². The molecule has 2 aliphatic rings. The lowest BCUT2D eigenvalue weighted by atomic mass is 10.1. The van der Waals surface area contributed by atoms with Gasteiger partial charge in [0.15, 0.2) is 0 Å². The topological polar surface area (TPSA) is 32.3 Å². The molecule has 4 rings (SSSR count). The van der Waals surface area contributed by atoms with E-state index in [1.54, 1.807) is 0 Å². The molecule has 0 radical (unpaired) electrons. The maximum Gasteiger partial charge on any atom is 0.251 e. The minimum Gasteiger partial charge on any atom is -0.348 e. The number of amides is 1. The number of carbonyl (C=O) groups is 1. The first-order chi connectivity index (χ1) is 11.8. The summed E-state index contributed by atoms with van der Waals surface area (Å²) in [7, 11) is 0. The van der Waals surface area contributed by atoms with Crippen molar-refractivity contribution in [1.82, 2.24) is 10.2 Å². The molecular weight excluding hydrogens is 296 g/mol.